The summed E-state index contributed by atoms with van der Waals surface area (Å²) in [6.45, 7) is 0.141. The Labute approximate surface area is 150 Å². The molecule has 0 bridgehead atoms. The van der Waals surface area contributed by atoms with E-state index >= 15 is 0 Å². The average molecular weight is 378 g/mol. The largest absolute Gasteiger partial charge is 0.477 e. The Morgan fingerprint density at radius 2 is 2.12 bits per heavy atom. The number of carboxylic acid groups (broad SMARTS) is 1. The Hall–Kier alpha value is -2.71. The number of benzene rings is 1. The number of amides is 1. The number of halogens is 1. The van der Waals surface area contributed by atoms with E-state index in [0.29, 0.717) is 27.2 Å². The molecule has 0 fully saturated rings. The van der Waals surface area contributed by atoms with E-state index in [9.17, 15) is 14.4 Å². The van der Waals surface area contributed by atoms with Crippen LogP contribution >= 0.6 is 22.9 Å². The van der Waals surface area contributed by atoms with Crippen LogP contribution in [0.4, 0.5) is 0 Å². The number of nitrogens with zero attached hydrogens (tertiary/aromatic N) is 1. The topological polar surface area (TPSA) is 112 Å². The van der Waals surface area contributed by atoms with Crippen molar-refractivity contribution in [3.8, 4) is 0 Å². The predicted molar refractivity (Wildman–Crippen MR) is 94.2 cm³/mol. The number of fused-ring (bicyclic) bond motifs is 1. The number of hydrogen-bond donors (Lipinski definition) is 3. The van der Waals surface area contributed by atoms with Crippen LogP contribution in [0.2, 0.25) is 5.02 Å². The van der Waals surface area contributed by atoms with E-state index in [-0.39, 0.29) is 24.4 Å². The zero-order valence-corrected chi connectivity index (χ0v) is 14.3. The van der Waals surface area contributed by atoms with Gasteiger partial charge in [0.1, 0.15) is 5.56 Å². The Morgan fingerprint density at radius 3 is 2.80 bits per heavy atom. The molecule has 9 heteroatoms. The van der Waals surface area contributed by atoms with Gasteiger partial charge in [0.15, 0.2) is 0 Å². The Bertz CT molecular complexity index is 1010. The van der Waals surface area contributed by atoms with Gasteiger partial charge < -0.3 is 15.4 Å². The van der Waals surface area contributed by atoms with Gasteiger partial charge in [-0.1, -0.05) is 11.6 Å². The maximum absolute atomic E-state index is 12.0. The molecule has 0 unspecified atom stereocenters. The number of carbonyl (C=O) groups is 2. The molecule has 0 atom stereocenters. The molecule has 3 aromatic rings. The fraction of sp³-hybridized carbons (Fsp3) is 0.125. The van der Waals surface area contributed by atoms with Crippen molar-refractivity contribution in [3.05, 3.63) is 61.3 Å². The lowest BCUT2D eigenvalue weighted by molar-refractivity contribution is -0.120. The molecule has 0 aliphatic rings. The van der Waals surface area contributed by atoms with Gasteiger partial charge in [-0.25, -0.2) is 9.78 Å². The molecule has 0 saturated heterocycles. The molecule has 3 N–H and O–H groups in total. The van der Waals surface area contributed by atoms with Crippen molar-refractivity contribution in [1.82, 2.24) is 15.3 Å². The minimum absolute atomic E-state index is 0.141. The normalized spacial score (nSPS) is 10.8. The molecule has 0 aliphatic heterocycles. The van der Waals surface area contributed by atoms with E-state index in [1.165, 1.54) is 17.4 Å². The number of aromatic amines is 1. The highest BCUT2D eigenvalue weighted by Crippen LogP contribution is 2.22. The van der Waals surface area contributed by atoms with Crippen LogP contribution in [0.15, 0.2) is 33.9 Å². The molecule has 2 heterocycles. The summed E-state index contributed by atoms with van der Waals surface area (Å²) < 4.78 is 0. The molecule has 3 rings (SSSR count). The fourth-order valence-electron chi connectivity index (χ4n) is 2.40. The molecule has 0 aliphatic carbocycles. The van der Waals surface area contributed by atoms with E-state index in [2.05, 4.69) is 15.3 Å². The molecule has 7 nitrogen and oxygen atoms in total. The van der Waals surface area contributed by atoms with E-state index < -0.39 is 11.5 Å². The first-order valence-electron chi connectivity index (χ1n) is 7.16. The molecule has 0 spiro atoms. The van der Waals surface area contributed by atoms with Crippen LogP contribution in [-0.2, 0) is 17.8 Å². The van der Waals surface area contributed by atoms with Gasteiger partial charge in [-0.05, 0) is 23.8 Å². The van der Waals surface area contributed by atoms with Crippen molar-refractivity contribution in [3.63, 3.8) is 0 Å². The van der Waals surface area contributed by atoms with Crippen LogP contribution in [0.3, 0.4) is 0 Å². The van der Waals surface area contributed by atoms with Crippen LogP contribution in [0.25, 0.3) is 10.9 Å². The highest BCUT2D eigenvalue weighted by atomic mass is 35.5. The Kier molecular flexibility index (Phi) is 4.82. The van der Waals surface area contributed by atoms with Crippen LogP contribution in [-0.4, -0.2) is 27.0 Å². The fourth-order valence-corrected chi connectivity index (χ4v) is 3.21. The van der Waals surface area contributed by atoms with Gasteiger partial charge in [-0.2, -0.15) is 0 Å². The maximum Gasteiger partial charge on any atom is 0.341 e. The smallest absolute Gasteiger partial charge is 0.341 e. The van der Waals surface area contributed by atoms with Crippen molar-refractivity contribution >= 4 is 45.7 Å². The lowest BCUT2D eigenvalue weighted by Gasteiger charge is -2.09. The number of hydrogen-bond acceptors (Lipinski definition) is 5. The summed E-state index contributed by atoms with van der Waals surface area (Å²) in [5, 5.41) is 14.4. The van der Waals surface area contributed by atoms with Crippen molar-refractivity contribution in [2.45, 2.75) is 13.0 Å². The summed E-state index contributed by atoms with van der Waals surface area (Å²) in [6.07, 6.45) is 0.154. The summed E-state index contributed by atoms with van der Waals surface area (Å²) in [7, 11) is 0. The standard InChI is InChI=1S/C16H12ClN3O4S/c17-10-1-8-3-12(16(23)24)15(22)20-14(8)9(2-10)5-18-13(21)4-11-6-25-7-19-11/h1-3,6-7H,4-5H2,(H,18,21)(H,20,22)(H,23,24). The van der Waals surface area contributed by atoms with Crippen LogP contribution in [0.1, 0.15) is 21.6 Å². The number of nitrogens with one attached hydrogen (secondary N) is 2. The van der Waals surface area contributed by atoms with Crippen LogP contribution in [0, 0.1) is 0 Å². The number of carbonyl (C=O) groups excluding carboxylic acids is 1. The number of aromatic carboxylic acids is 1. The van der Waals surface area contributed by atoms with Gasteiger partial charge in [0.05, 0.1) is 23.1 Å². The number of pyridine rings is 1. The van der Waals surface area contributed by atoms with Gasteiger partial charge in [0.25, 0.3) is 5.56 Å². The number of H-pyrrole nitrogens is 1. The summed E-state index contributed by atoms with van der Waals surface area (Å²) in [6, 6.07) is 4.44. The lowest BCUT2D eigenvalue weighted by atomic mass is 10.1. The minimum atomic E-state index is -1.32. The SMILES string of the molecule is O=C(Cc1cscn1)NCc1cc(Cl)cc2cc(C(=O)O)c(=O)[nH]c12. The lowest BCUT2D eigenvalue weighted by Crippen LogP contribution is -2.25. The van der Waals surface area contributed by atoms with E-state index in [0.717, 1.165) is 0 Å². The van der Waals surface area contributed by atoms with Crippen molar-refractivity contribution in [2.75, 3.05) is 0 Å². The predicted octanol–water partition coefficient (Wildman–Crippen LogP) is 2.20. The summed E-state index contributed by atoms with van der Waals surface area (Å²) in [5.74, 6) is -1.54. The highest BCUT2D eigenvalue weighted by Gasteiger charge is 2.13. The molecule has 2 aromatic heterocycles. The van der Waals surface area contributed by atoms with E-state index in [4.69, 9.17) is 16.7 Å². The molecule has 25 heavy (non-hydrogen) atoms. The zero-order valence-electron chi connectivity index (χ0n) is 12.7. The summed E-state index contributed by atoms with van der Waals surface area (Å²) >= 11 is 7.47. The van der Waals surface area contributed by atoms with Crippen molar-refractivity contribution in [1.29, 1.82) is 0 Å². The zero-order chi connectivity index (χ0) is 18.0. The molecule has 1 aromatic carbocycles. The quantitative estimate of drug-likeness (QED) is 0.631. The molecule has 128 valence electrons. The van der Waals surface area contributed by atoms with E-state index in [1.807, 2.05) is 0 Å². The maximum atomic E-state index is 12.0. The Balaban J connectivity index is 1.88. The Morgan fingerprint density at radius 1 is 1.32 bits per heavy atom. The third-order valence-corrected chi connectivity index (χ3v) is 4.38. The third-order valence-electron chi connectivity index (χ3n) is 3.53. The van der Waals surface area contributed by atoms with Crippen LogP contribution in [0.5, 0.6) is 0 Å². The van der Waals surface area contributed by atoms with Gasteiger partial charge in [0.2, 0.25) is 5.91 Å². The second-order valence-corrected chi connectivity index (χ2v) is 6.43. The van der Waals surface area contributed by atoms with Gasteiger partial charge in [-0.3, -0.25) is 9.59 Å². The minimum Gasteiger partial charge on any atom is -0.477 e. The van der Waals surface area contributed by atoms with Gasteiger partial charge in [-0.15, -0.1) is 11.3 Å². The first-order chi connectivity index (χ1) is 11.9. The third kappa shape index (κ3) is 3.86. The number of aromatic nitrogens is 2. The van der Waals surface area contributed by atoms with Crippen molar-refractivity contribution < 1.29 is 14.7 Å². The highest BCUT2D eigenvalue weighted by molar-refractivity contribution is 7.07. The number of rotatable bonds is 5. The molecular formula is C16H12ClN3O4S. The number of carboxylic acids is 1. The molecule has 0 saturated carbocycles. The van der Waals surface area contributed by atoms with Gasteiger partial charge in [0, 0.05) is 22.3 Å². The molecular weight excluding hydrogens is 366 g/mol. The molecule has 1 amide bonds. The first kappa shape index (κ1) is 17.1. The first-order valence-corrected chi connectivity index (χ1v) is 8.48. The second kappa shape index (κ2) is 7.04. The van der Waals surface area contributed by atoms with Crippen molar-refractivity contribution in [2.24, 2.45) is 0 Å². The second-order valence-electron chi connectivity index (χ2n) is 5.28. The summed E-state index contributed by atoms with van der Waals surface area (Å²) in [5.41, 5.74) is 2.28. The van der Waals surface area contributed by atoms with Crippen LogP contribution < -0.4 is 10.9 Å². The van der Waals surface area contributed by atoms with E-state index in [1.54, 1.807) is 23.0 Å². The average Bonchev–Trinajstić information content (AvgIpc) is 3.05. The monoisotopic (exact) mass is 377 g/mol. The number of thiazole rings is 1. The summed E-state index contributed by atoms with van der Waals surface area (Å²) in [4.78, 5) is 41.6. The molecule has 0 radical (unpaired) electrons. The van der Waals surface area contributed by atoms with Gasteiger partial charge >= 0.3 is 5.97 Å².